The van der Waals surface area contributed by atoms with Crippen molar-refractivity contribution in [3.63, 3.8) is 0 Å². The molecule has 2 rings (SSSR count). The van der Waals surface area contributed by atoms with Crippen molar-refractivity contribution in [2.24, 2.45) is 5.92 Å². The van der Waals surface area contributed by atoms with Crippen molar-refractivity contribution in [1.29, 1.82) is 0 Å². The van der Waals surface area contributed by atoms with Gasteiger partial charge in [-0.2, -0.15) is 0 Å². The monoisotopic (exact) mass is 283 g/mol. The van der Waals surface area contributed by atoms with Crippen LogP contribution in [0.15, 0.2) is 0 Å². The molecule has 0 amide bonds. The van der Waals surface area contributed by atoms with Crippen molar-refractivity contribution in [3.8, 4) is 0 Å². The van der Waals surface area contributed by atoms with Crippen molar-refractivity contribution in [2.45, 2.75) is 64.8 Å². The Labute approximate surface area is 122 Å². The van der Waals surface area contributed by atoms with Gasteiger partial charge in [0.05, 0.1) is 17.6 Å². The normalized spacial score (nSPS) is 30.9. The molecule has 0 aromatic carbocycles. The summed E-state index contributed by atoms with van der Waals surface area (Å²) in [4.78, 5) is 14.9. The lowest BCUT2D eigenvalue weighted by atomic mass is 9.85. The second-order valence-corrected chi connectivity index (χ2v) is 7.09. The van der Waals surface area contributed by atoms with E-state index in [2.05, 4.69) is 4.90 Å². The van der Waals surface area contributed by atoms with Crippen LogP contribution < -0.4 is 0 Å². The van der Waals surface area contributed by atoms with Crippen LogP contribution >= 0.6 is 0 Å². The zero-order valence-electron chi connectivity index (χ0n) is 13.6. The number of hydrogen-bond donors (Lipinski definition) is 0. The van der Waals surface area contributed by atoms with Gasteiger partial charge in [-0.1, -0.05) is 0 Å². The van der Waals surface area contributed by atoms with E-state index in [0.717, 1.165) is 39.1 Å². The number of piperidine rings is 1. The second-order valence-electron chi connectivity index (χ2n) is 7.09. The van der Waals surface area contributed by atoms with Crippen molar-refractivity contribution in [3.05, 3.63) is 0 Å². The van der Waals surface area contributed by atoms with Gasteiger partial charge < -0.3 is 14.4 Å². The second kappa shape index (κ2) is 5.74. The number of hydrogen-bond acceptors (Lipinski definition) is 4. The smallest absolute Gasteiger partial charge is 0.171 e. The average molecular weight is 283 g/mol. The van der Waals surface area contributed by atoms with Gasteiger partial charge in [0.2, 0.25) is 0 Å². The standard InChI is InChI=1S/C16H29NO3/c1-6-19-12-7-9-17(10-8-12)11-13-14(18)16(4,5)20-15(13,2)3/h12-13H,6-11H2,1-5H3. The maximum absolute atomic E-state index is 12.5. The Bertz CT molecular complexity index is 357. The van der Waals surface area contributed by atoms with Crippen molar-refractivity contribution in [1.82, 2.24) is 4.90 Å². The van der Waals surface area contributed by atoms with Crippen LogP contribution in [0.3, 0.4) is 0 Å². The van der Waals surface area contributed by atoms with E-state index in [1.165, 1.54) is 0 Å². The maximum atomic E-state index is 12.5. The molecule has 0 saturated carbocycles. The third kappa shape index (κ3) is 3.23. The van der Waals surface area contributed by atoms with Crippen LogP contribution in [0.1, 0.15) is 47.5 Å². The van der Waals surface area contributed by atoms with Gasteiger partial charge >= 0.3 is 0 Å². The minimum atomic E-state index is -0.641. The Morgan fingerprint density at radius 3 is 2.30 bits per heavy atom. The first kappa shape index (κ1) is 15.9. The first-order valence-electron chi connectivity index (χ1n) is 7.84. The fourth-order valence-electron chi connectivity index (χ4n) is 3.57. The van der Waals surface area contributed by atoms with E-state index in [9.17, 15) is 4.79 Å². The summed E-state index contributed by atoms with van der Waals surface area (Å²) in [6.45, 7) is 13.5. The van der Waals surface area contributed by atoms with Gasteiger partial charge in [0.25, 0.3) is 0 Å². The molecule has 2 aliphatic rings. The highest BCUT2D eigenvalue weighted by atomic mass is 16.5. The van der Waals surface area contributed by atoms with Gasteiger partial charge in [0.15, 0.2) is 5.78 Å². The molecule has 4 nitrogen and oxygen atoms in total. The number of ketones is 1. The number of nitrogens with zero attached hydrogens (tertiary/aromatic N) is 1. The van der Waals surface area contributed by atoms with Crippen LogP contribution in [0.4, 0.5) is 0 Å². The van der Waals surface area contributed by atoms with E-state index in [4.69, 9.17) is 9.47 Å². The van der Waals surface area contributed by atoms with Crippen LogP contribution in [0.2, 0.25) is 0 Å². The maximum Gasteiger partial charge on any atom is 0.171 e. The highest BCUT2D eigenvalue weighted by Gasteiger charge is 2.53. The van der Waals surface area contributed by atoms with Crippen molar-refractivity contribution < 1.29 is 14.3 Å². The Balaban J connectivity index is 1.92. The van der Waals surface area contributed by atoms with E-state index in [0.29, 0.717) is 6.10 Å². The molecule has 1 unspecified atom stereocenters. The van der Waals surface area contributed by atoms with Crippen LogP contribution in [0.25, 0.3) is 0 Å². The van der Waals surface area contributed by atoms with Crippen LogP contribution in [0, 0.1) is 5.92 Å². The zero-order valence-corrected chi connectivity index (χ0v) is 13.6. The summed E-state index contributed by atoms with van der Waals surface area (Å²) in [5, 5.41) is 0. The molecule has 4 heteroatoms. The first-order chi connectivity index (χ1) is 9.26. The lowest BCUT2D eigenvalue weighted by molar-refractivity contribution is -0.132. The molecule has 20 heavy (non-hydrogen) atoms. The van der Waals surface area contributed by atoms with Gasteiger partial charge in [0, 0.05) is 26.2 Å². The molecule has 0 aromatic heterocycles. The lowest BCUT2D eigenvalue weighted by Gasteiger charge is -2.35. The highest BCUT2D eigenvalue weighted by molar-refractivity contribution is 5.91. The Hall–Kier alpha value is -0.450. The Morgan fingerprint density at radius 1 is 1.25 bits per heavy atom. The fraction of sp³-hybridized carbons (Fsp3) is 0.938. The number of carbonyl (C=O) groups excluding carboxylic acids is 1. The minimum Gasteiger partial charge on any atom is -0.378 e. The summed E-state index contributed by atoms with van der Waals surface area (Å²) in [7, 11) is 0. The first-order valence-corrected chi connectivity index (χ1v) is 7.84. The molecule has 0 radical (unpaired) electrons. The molecule has 2 aliphatic heterocycles. The Morgan fingerprint density at radius 2 is 1.85 bits per heavy atom. The fourth-order valence-corrected chi connectivity index (χ4v) is 3.57. The third-order valence-electron chi connectivity index (χ3n) is 4.65. The van der Waals surface area contributed by atoms with Gasteiger partial charge in [-0.05, 0) is 47.5 Å². The van der Waals surface area contributed by atoms with Crippen LogP contribution in [0.5, 0.6) is 0 Å². The summed E-state index contributed by atoms with van der Waals surface area (Å²) in [6.07, 6.45) is 2.54. The molecule has 1 atom stereocenters. The predicted molar refractivity (Wildman–Crippen MR) is 78.8 cm³/mol. The van der Waals surface area contributed by atoms with Crippen LogP contribution in [-0.4, -0.2) is 54.2 Å². The molecule has 2 fully saturated rings. The molecule has 0 aromatic rings. The van der Waals surface area contributed by atoms with E-state index in [1.807, 2.05) is 34.6 Å². The summed E-state index contributed by atoms with van der Waals surface area (Å²) >= 11 is 0. The molecule has 0 spiro atoms. The van der Waals surface area contributed by atoms with Gasteiger partial charge in [-0.3, -0.25) is 4.79 Å². The highest BCUT2D eigenvalue weighted by Crippen LogP contribution is 2.39. The number of Topliss-reactive ketones (excluding diaryl/α,β-unsaturated/α-hetero) is 1. The minimum absolute atomic E-state index is 0.0267. The quantitative estimate of drug-likeness (QED) is 0.793. The number of carbonyl (C=O) groups is 1. The topological polar surface area (TPSA) is 38.8 Å². The summed E-state index contributed by atoms with van der Waals surface area (Å²) < 4.78 is 11.6. The van der Waals surface area contributed by atoms with E-state index in [1.54, 1.807) is 0 Å². The van der Waals surface area contributed by atoms with Crippen LogP contribution in [-0.2, 0) is 14.3 Å². The predicted octanol–water partition coefficient (Wildman–Crippen LogP) is 2.26. The van der Waals surface area contributed by atoms with Gasteiger partial charge in [-0.15, -0.1) is 0 Å². The van der Waals surface area contributed by atoms with E-state index < -0.39 is 5.60 Å². The van der Waals surface area contributed by atoms with Gasteiger partial charge in [0.1, 0.15) is 5.60 Å². The zero-order chi connectivity index (χ0) is 15.0. The summed E-state index contributed by atoms with van der Waals surface area (Å²) in [5.41, 5.74) is -1.00. The van der Waals surface area contributed by atoms with E-state index in [-0.39, 0.29) is 17.3 Å². The molecule has 2 heterocycles. The lowest BCUT2D eigenvalue weighted by Crippen LogP contribution is -2.45. The molecule has 0 N–H and O–H groups in total. The van der Waals surface area contributed by atoms with Gasteiger partial charge in [-0.25, -0.2) is 0 Å². The molecule has 0 aliphatic carbocycles. The summed E-state index contributed by atoms with van der Waals surface area (Å²) in [5.74, 6) is 0.218. The number of likely N-dealkylation sites (tertiary alicyclic amines) is 1. The Kier molecular flexibility index (Phi) is 4.57. The SMILES string of the molecule is CCOC1CCN(CC2C(=O)C(C)(C)OC2(C)C)CC1. The average Bonchev–Trinajstić information content (AvgIpc) is 2.50. The number of ether oxygens (including phenoxy) is 2. The molecule has 2 saturated heterocycles. The summed E-state index contributed by atoms with van der Waals surface area (Å²) in [6, 6.07) is 0. The molecule has 116 valence electrons. The van der Waals surface area contributed by atoms with Crippen molar-refractivity contribution in [2.75, 3.05) is 26.2 Å². The molecular weight excluding hydrogens is 254 g/mol. The molecular formula is C16H29NO3. The third-order valence-corrected chi connectivity index (χ3v) is 4.65. The largest absolute Gasteiger partial charge is 0.378 e. The van der Waals surface area contributed by atoms with E-state index >= 15 is 0 Å². The number of rotatable bonds is 4. The molecule has 0 bridgehead atoms. The van der Waals surface area contributed by atoms with Crippen molar-refractivity contribution >= 4 is 5.78 Å².